The largest absolute Gasteiger partial charge is 0.454 e. The summed E-state index contributed by atoms with van der Waals surface area (Å²) in [6, 6.07) is 8.76. The van der Waals surface area contributed by atoms with Gasteiger partial charge in [-0.2, -0.15) is 0 Å². The van der Waals surface area contributed by atoms with Crippen molar-refractivity contribution in [1.29, 1.82) is 0 Å². The number of benzene rings is 2. The van der Waals surface area contributed by atoms with Crippen molar-refractivity contribution in [3.63, 3.8) is 0 Å². The van der Waals surface area contributed by atoms with E-state index < -0.39 is 28.4 Å². The van der Waals surface area contributed by atoms with Crippen LogP contribution in [0.5, 0.6) is 0 Å². The first-order valence-electron chi connectivity index (χ1n) is 9.58. The fraction of sp³-hybridized carbons (Fsp3) is 0.333. The Morgan fingerprint density at radius 1 is 1.03 bits per heavy atom. The van der Waals surface area contributed by atoms with Gasteiger partial charge in [0, 0.05) is 32.7 Å². The summed E-state index contributed by atoms with van der Waals surface area (Å²) in [4.78, 5) is 27.3. The molecule has 0 radical (unpaired) electrons. The molecule has 0 aliphatic carbocycles. The van der Waals surface area contributed by atoms with E-state index in [1.165, 1.54) is 44.4 Å². The summed E-state index contributed by atoms with van der Waals surface area (Å²) in [7, 11) is -0.915. The van der Waals surface area contributed by atoms with Gasteiger partial charge in [0.15, 0.2) is 12.4 Å². The van der Waals surface area contributed by atoms with Gasteiger partial charge in [0.05, 0.1) is 26.2 Å². The first kappa shape index (κ1) is 23.5. The lowest BCUT2D eigenvalue weighted by atomic mass is 10.1. The van der Waals surface area contributed by atoms with Crippen LogP contribution in [0.25, 0.3) is 0 Å². The molecule has 0 saturated carbocycles. The van der Waals surface area contributed by atoms with Gasteiger partial charge in [0.1, 0.15) is 0 Å². The Kier molecular flexibility index (Phi) is 7.26. The van der Waals surface area contributed by atoms with E-state index in [2.05, 4.69) is 0 Å². The quantitative estimate of drug-likeness (QED) is 0.437. The Balaban J connectivity index is 1.86. The maximum absolute atomic E-state index is 12.9. The molecule has 0 amide bonds. The van der Waals surface area contributed by atoms with Crippen LogP contribution < -0.4 is 4.90 Å². The molecule has 7 nitrogen and oxygen atoms in total. The Hall–Kier alpha value is -2.13. The van der Waals surface area contributed by atoms with Crippen LogP contribution in [-0.4, -0.2) is 58.3 Å². The smallest absolute Gasteiger partial charge is 0.340 e. The van der Waals surface area contributed by atoms with Crippen molar-refractivity contribution >= 4 is 50.7 Å². The molecule has 1 heterocycles. The molecule has 31 heavy (non-hydrogen) atoms. The van der Waals surface area contributed by atoms with Crippen LogP contribution in [0.2, 0.25) is 10.0 Å². The van der Waals surface area contributed by atoms with Gasteiger partial charge in [-0.05, 0) is 49.2 Å². The minimum atomic E-state index is -3.74. The normalized spacial score (nSPS) is 14.2. The molecule has 3 rings (SSSR count). The molecular weight excluding hydrogens is 463 g/mol. The number of esters is 1. The lowest BCUT2D eigenvalue weighted by molar-refractivity contribution is 0.0475. The van der Waals surface area contributed by atoms with Crippen LogP contribution >= 0.6 is 23.2 Å². The highest BCUT2D eigenvalue weighted by molar-refractivity contribution is 7.89. The topological polar surface area (TPSA) is 84.0 Å². The number of anilines is 1. The summed E-state index contributed by atoms with van der Waals surface area (Å²) in [5.41, 5.74) is 0.944. The molecule has 0 aromatic heterocycles. The molecule has 1 saturated heterocycles. The van der Waals surface area contributed by atoms with Gasteiger partial charge in [-0.1, -0.05) is 23.2 Å². The molecule has 1 aliphatic heterocycles. The monoisotopic (exact) mass is 484 g/mol. The van der Waals surface area contributed by atoms with E-state index in [0.29, 0.717) is 10.7 Å². The van der Waals surface area contributed by atoms with Crippen molar-refractivity contribution in [1.82, 2.24) is 4.31 Å². The molecule has 1 aliphatic rings. The number of ketones is 1. The lowest BCUT2D eigenvalue weighted by Gasteiger charge is -2.22. The second-order valence-electron chi connectivity index (χ2n) is 7.29. The Bertz CT molecular complexity index is 1110. The number of rotatable bonds is 7. The average Bonchev–Trinajstić information content (AvgIpc) is 3.27. The molecule has 166 valence electrons. The van der Waals surface area contributed by atoms with E-state index in [1.807, 2.05) is 4.90 Å². The zero-order chi connectivity index (χ0) is 22.8. The average molecular weight is 485 g/mol. The van der Waals surface area contributed by atoms with E-state index in [-0.39, 0.29) is 21.0 Å². The van der Waals surface area contributed by atoms with Gasteiger partial charge >= 0.3 is 5.97 Å². The van der Waals surface area contributed by atoms with E-state index in [9.17, 15) is 18.0 Å². The second-order valence-corrected chi connectivity index (χ2v) is 10.3. The van der Waals surface area contributed by atoms with Crippen LogP contribution in [0.4, 0.5) is 5.69 Å². The zero-order valence-electron chi connectivity index (χ0n) is 17.1. The van der Waals surface area contributed by atoms with Gasteiger partial charge in [-0.3, -0.25) is 4.79 Å². The van der Waals surface area contributed by atoms with Gasteiger partial charge in [0.2, 0.25) is 10.0 Å². The minimum absolute atomic E-state index is 0.0248. The third-order valence-corrected chi connectivity index (χ3v) is 7.54. The van der Waals surface area contributed by atoms with Crippen LogP contribution in [0, 0.1) is 0 Å². The van der Waals surface area contributed by atoms with Crippen molar-refractivity contribution in [2.45, 2.75) is 17.7 Å². The second kappa shape index (κ2) is 9.56. The molecule has 1 fully saturated rings. The predicted octanol–water partition coefficient (Wildman–Crippen LogP) is 3.88. The minimum Gasteiger partial charge on any atom is -0.454 e. The van der Waals surface area contributed by atoms with Gasteiger partial charge in [-0.25, -0.2) is 17.5 Å². The summed E-state index contributed by atoms with van der Waals surface area (Å²) in [5.74, 6) is -1.22. The van der Waals surface area contributed by atoms with Crippen molar-refractivity contribution < 1.29 is 22.7 Å². The van der Waals surface area contributed by atoms with Crippen LogP contribution in [0.15, 0.2) is 41.3 Å². The third-order valence-electron chi connectivity index (χ3n) is 4.99. The van der Waals surface area contributed by atoms with Gasteiger partial charge in [0.25, 0.3) is 0 Å². The van der Waals surface area contributed by atoms with E-state index in [1.54, 1.807) is 6.07 Å². The Labute approximate surface area is 191 Å². The van der Waals surface area contributed by atoms with Gasteiger partial charge < -0.3 is 9.64 Å². The number of sulfonamides is 1. The summed E-state index contributed by atoms with van der Waals surface area (Å²) in [6.07, 6.45) is 1.95. The molecule has 0 N–H and O–H groups in total. The summed E-state index contributed by atoms with van der Waals surface area (Å²) in [5, 5.41) is 0.529. The van der Waals surface area contributed by atoms with Crippen molar-refractivity contribution in [3.05, 3.63) is 57.6 Å². The number of ether oxygens (including phenoxy) is 1. The molecule has 2 aromatic rings. The molecular formula is C21H22Cl2N2O5S. The van der Waals surface area contributed by atoms with Crippen LogP contribution in [0.1, 0.15) is 33.6 Å². The number of Topliss-reactive ketones (excluding diaryl/α,β-unsaturated/α-hetero) is 1. The number of hydrogen-bond acceptors (Lipinski definition) is 6. The standard InChI is InChI=1S/C21H22Cl2N2O5S/c1-24(2)31(28,29)15-6-8-19(25-9-3-4-10-25)16(12-15)21(27)30-13-20(26)14-5-7-17(22)18(23)11-14/h5-8,11-12H,3-4,9-10,13H2,1-2H3. The Morgan fingerprint density at radius 3 is 2.32 bits per heavy atom. The molecule has 0 unspecified atom stereocenters. The highest BCUT2D eigenvalue weighted by Gasteiger charge is 2.26. The lowest BCUT2D eigenvalue weighted by Crippen LogP contribution is -2.25. The maximum Gasteiger partial charge on any atom is 0.340 e. The van der Waals surface area contributed by atoms with Gasteiger partial charge in [-0.15, -0.1) is 0 Å². The first-order valence-corrected chi connectivity index (χ1v) is 11.8. The number of hydrogen-bond donors (Lipinski definition) is 0. The highest BCUT2D eigenvalue weighted by Crippen LogP contribution is 2.29. The van der Waals surface area contributed by atoms with Crippen molar-refractivity contribution in [3.8, 4) is 0 Å². The van der Waals surface area contributed by atoms with Crippen LogP contribution in [-0.2, 0) is 14.8 Å². The summed E-state index contributed by atoms with van der Waals surface area (Å²) < 4.78 is 31.4. The number of halogens is 2. The highest BCUT2D eigenvalue weighted by atomic mass is 35.5. The van der Waals surface area contributed by atoms with Crippen LogP contribution in [0.3, 0.4) is 0 Å². The predicted molar refractivity (Wildman–Crippen MR) is 120 cm³/mol. The zero-order valence-corrected chi connectivity index (χ0v) is 19.4. The maximum atomic E-state index is 12.9. The molecule has 0 bridgehead atoms. The van der Waals surface area contributed by atoms with E-state index in [4.69, 9.17) is 27.9 Å². The fourth-order valence-electron chi connectivity index (χ4n) is 3.25. The summed E-state index contributed by atoms with van der Waals surface area (Å²) >= 11 is 11.8. The number of carbonyl (C=O) groups excluding carboxylic acids is 2. The molecule has 0 atom stereocenters. The van der Waals surface area contributed by atoms with Crippen molar-refractivity contribution in [2.24, 2.45) is 0 Å². The van der Waals surface area contributed by atoms with Crippen molar-refractivity contribution in [2.75, 3.05) is 38.7 Å². The fourth-order valence-corrected chi connectivity index (χ4v) is 4.47. The molecule has 0 spiro atoms. The number of nitrogens with zero attached hydrogens (tertiary/aromatic N) is 2. The Morgan fingerprint density at radius 2 is 1.71 bits per heavy atom. The van der Waals surface area contributed by atoms with E-state index >= 15 is 0 Å². The molecule has 10 heteroatoms. The molecule has 2 aromatic carbocycles. The summed E-state index contributed by atoms with van der Waals surface area (Å²) in [6.45, 7) is 0.991. The van der Waals surface area contributed by atoms with E-state index in [0.717, 1.165) is 30.2 Å². The SMILES string of the molecule is CN(C)S(=O)(=O)c1ccc(N2CCCC2)c(C(=O)OCC(=O)c2ccc(Cl)c(Cl)c2)c1. The third kappa shape index (κ3) is 5.20. The first-order chi connectivity index (χ1) is 14.6. The number of carbonyl (C=O) groups is 2.